The van der Waals surface area contributed by atoms with Gasteiger partial charge in [0.1, 0.15) is 24.0 Å². The first-order chi connectivity index (χ1) is 13.5. The SMILES string of the molecule is CN=C(NCCc1c(F)cccc1F)NCc1ccc(C)cc1OCCOC.I. The van der Waals surface area contributed by atoms with Crippen LogP contribution in [0.4, 0.5) is 8.78 Å². The molecular weight excluding hydrogens is 491 g/mol. The number of hydrogen-bond donors (Lipinski definition) is 2. The van der Waals surface area contributed by atoms with Crippen molar-refractivity contribution < 1.29 is 18.3 Å². The van der Waals surface area contributed by atoms with E-state index in [4.69, 9.17) is 9.47 Å². The zero-order valence-electron chi connectivity index (χ0n) is 16.9. The summed E-state index contributed by atoms with van der Waals surface area (Å²) >= 11 is 0. The van der Waals surface area contributed by atoms with Gasteiger partial charge < -0.3 is 20.1 Å². The molecule has 0 atom stereocenters. The number of benzene rings is 2. The van der Waals surface area contributed by atoms with E-state index in [1.54, 1.807) is 14.2 Å². The monoisotopic (exact) mass is 519 g/mol. The molecule has 0 aliphatic rings. The van der Waals surface area contributed by atoms with Crippen LogP contribution >= 0.6 is 24.0 Å². The number of aryl methyl sites for hydroxylation is 1. The van der Waals surface area contributed by atoms with E-state index in [-0.39, 0.29) is 36.0 Å². The number of rotatable bonds is 9. The number of nitrogens with one attached hydrogen (secondary N) is 2. The van der Waals surface area contributed by atoms with Gasteiger partial charge in [0.25, 0.3) is 0 Å². The Morgan fingerprint density at radius 2 is 1.79 bits per heavy atom. The highest BCUT2D eigenvalue weighted by molar-refractivity contribution is 14.0. The summed E-state index contributed by atoms with van der Waals surface area (Å²) < 4.78 is 38.2. The van der Waals surface area contributed by atoms with Crippen LogP contribution in [0.15, 0.2) is 41.4 Å². The second-order valence-electron chi connectivity index (χ2n) is 6.26. The van der Waals surface area contributed by atoms with Crippen LogP contribution in [0.5, 0.6) is 5.75 Å². The van der Waals surface area contributed by atoms with E-state index in [0.717, 1.165) is 16.9 Å². The molecular formula is C21H28F2IN3O2. The third kappa shape index (κ3) is 8.14. The molecule has 0 unspecified atom stereocenters. The summed E-state index contributed by atoms with van der Waals surface area (Å²) in [6.45, 7) is 3.83. The first-order valence-corrected chi connectivity index (χ1v) is 9.13. The van der Waals surface area contributed by atoms with Gasteiger partial charge in [-0.15, -0.1) is 24.0 Å². The molecule has 160 valence electrons. The zero-order chi connectivity index (χ0) is 20.4. The Kier molecular flexibility index (Phi) is 11.5. The normalized spacial score (nSPS) is 11.0. The van der Waals surface area contributed by atoms with Crippen LogP contribution in [0.25, 0.3) is 0 Å². The quantitative estimate of drug-likeness (QED) is 0.229. The lowest BCUT2D eigenvalue weighted by atomic mass is 10.1. The van der Waals surface area contributed by atoms with Crippen molar-refractivity contribution in [3.8, 4) is 5.75 Å². The maximum Gasteiger partial charge on any atom is 0.191 e. The van der Waals surface area contributed by atoms with Crippen LogP contribution in [-0.4, -0.2) is 39.9 Å². The molecule has 0 fully saturated rings. The minimum Gasteiger partial charge on any atom is -0.491 e. The van der Waals surface area contributed by atoms with E-state index >= 15 is 0 Å². The fourth-order valence-corrected chi connectivity index (χ4v) is 2.65. The minimum absolute atomic E-state index is 0. The number of aliphatic imine (C=N–C) groups is 1. The Labute approximate surface area is 187 Å². The van der Waals surface area contributed by atoms with Gasteiger partial charge in [0.05, 0.1) is 6.61 Å². The highest BCUT2D eigenvalue weighted by atomic mass is 127. The molecule has 2 aromatic carbocycles. The summed E-state index contributed by atoms with van der Waals surface area (Å²) in [7, 11) is 3.27. The summed E-state index contributed by atoms with van der Waals surface area (Å²) in [4.78, 5) is 4.15. The molecule has 0 aliphatic carbocycles. The summed E-state index contributed by atoms with van der Waals surface area (Å²) in [6, 6.07) is 9.85. The third-order valence-electron chi connectivity index (χ3n) is 4.17. The van der Waals surface area contributed by atoms with Crippen molar-refractivity contribution in [1.29, 1.82) is 0 Å². The molecule has 0 aliphatic heterocycles. The van der Waals surface area contributed by atoms with Crippen LogP contribution in [0.3, 0.4) is 0 Å². The number of methoxy groups -OCH3 is 1. The Balaban J connectivity index is 0.00000420. The lowest BCUT2D eigenvalue weighted by Crippen LogP contribution is -2.38. The van der Waals surface area contributed by atoms with Gasteiger partial charge in [0, 0.05) is 38.4 Å². The van der Waals surface area contributed by atoms with E-state index in [0.29, 0.717) is 32.3 Å². The van der Waals surface area contributed by atoms with Crippen molar-refractivity contribution >= 4 is 29.9 Å². The predicted molar refractivity (Wildman–Crippen MR) is 122 cm³/mol. The van der Waals surface area contributed by atoms with E-state index < -0.39 is 11.6 Å². The molecule has 0 bridgehead atoms. The largest absolute Gasteiger partial charge is 0.491 e. The highest BCUT2D eigenvalue weighted by Gasteiger charge is 2.09. The van der Waals surface area contributed by atoms with E-state index in [9.17, 15) is 8.78 Å². The van der Waals surface area contributed by atoms with Crippen LogP contribution in [-0.2, 0) is 17.7 Å². The molecule has 0 radical (unpaired) electrons. The second kappa shape index (κ2) is 13.3. The summed E-state index contributed by atoms with van der Waals surface area (Å²) in [5.74, 6) is 0.248. The van der Waals surface area contributed by atoms with Gasteiger partial charge in [-0.1, -0.05) is 18.2 Å². The topological polar surface area (TPSA) is 54.9 Å². The fraction of sp³-hybridized carbons (Fsp3) is 0.381. The molecule has 0 amide bonds. The molecule has 8 heteroatoms. The van der Waals surface area contributed by atoms with Gasteiger partial charge in [0.2, 0.25) is 0 Å². The molecule has 29 heavy (non-hydrogen) atoms. The van der Waals surface area contributed by atoms with Gasteiger partial charge in [0.15, 0.2) is 5.96 Å². The molecule has 5 nitrogen and oxygen atoms in total. The average Bonchev–Trinajstić information content (AvgIpc) is 2.68. The molecule has 0 saturated heterocycles. The van der Waals surface area contributed by atoms with Crippen LogP contribution in [0, 0.1) is 18.6 Å². The lowest BCUT2D eigenvalue weighted by Gasteiger charge is -2.15. The first-order valence-electron chi connectivity index (χ1n) is 9.13. The van der Waals surface area contributed by atoms with Gasteiger partial charge in [-0.2, -0.15) is 0 Å². The Bertz CT molecular complexity index is 783. The number of halogens is 3. The van der Waals surface area contributed by atoms with Crippen molar-refractivity contribution in [1.82, 2.24) is 10.6 Å². The zero-order valence-corrected chi connectivity index (χ0v) is 19.3. The first kappa shape index (κ1) is 25.1. The minimum atomic E-state index is -0.540. The van der Waals surface area contributed by atoms with Crippen LogP contribution < -0.4 is 15.4 Å². The average molecular weight is 519 g/mol. The molecule has 2 rings (SSSR count). The van der Waals surface area contributed by atoms with E-state index in [1.807, 2.05) is 25.1 Å². The van der Waals surface area contributed by atoms with Gasteiger partial charge in [-0.05, 0) is 37.1 Å². The number of ether oxygens (including phenoxy) is 2. The maximum absolute atomic E-state index is 13.7. The van der Waals surface area contributed by atoms with Crippen LogP contribution in [0.2, 0.25) is 0 Å². The smallest absolute Gasteiger partial charge is 0.191 e. The van der Waals surface area contributed by atoms with Gasteiger partial charge in [-0.25, -0.2) is 8.78 Å². The number of nitrogens with zero attached hydrogens (tertiary/aromatic N) is 1. The van der Waals surface area contributed by atoms with Crippen molar-refractivity contribution in [2.24, 2.45) is 4.99 Å². The van der Waals surface area contributed by atoms with E-state index in [1.165, 1.54) is 18.2 Å². The standard InChI is InChI=1S/C21H27F2N3O2.HI/c1-15-7-8-16(20(13-15)28-12-11-27-3)14-26-21(24-2)25-10-9-17-18(22)5-4-6-19(17)23;/h4-8,13H,9-12,14H2,1-3H3,(H2,24,25,26);1H. The molecule has 0 spiro atoms. The van der Waals surface area contributed by atoms with Crippen molar-refractivity contribution in [2.45, 2.75) is 19.9 Å². The van der Waals surface area contributed by atoms with Crippen molar-refractivity contribution in [3.63, 3.8) is 0 Å². The molecule has 0 heterocycles. The van der Waals surface area contributed by atoms with Crippen molar-refractivity contribution in [2.75, 3.05) is 33.9 Å². The molecule has 2 aromatic rings. The number of guanidine groups is 1. The second-order valence-corrected chi connectivity index (χ2v) is 6.26. The number of hydrogen-bond acceptors (Lipinski definition) is 3. The fourth-order valence-electron chi connectivity index (χ4n) is 2.65. The summed E-state index contributed by atoms with van der Waals surface area (Å²) in [5.41, 5.74) is 2.15. The Morgan fingerprint density at radius 1 is 1.07 bits per heavy atom. The van der Waals surface area contributed by atoms with E-state index in [2.05, 4.69) is 15.6 Å². The molecule has 0 aromatic heterocycles. The van der Waals surface area contributed by atoms with Crippen LogP contribution in [0.1, 0.15) is 16.7 Å². The molecule has 0 saturated carbocycles. The van der Waals surface area contributed by atoms with Gasteiger partial charge in [-0.3, -0.25) is 4.99 Å². The Morgan fingerprint density at radius 3 is 2.45 bits per heavy atom. The third-order valence-corrected chi connectivity index (χ3v) is 4.17. The predicted octanol–water partition coefficient (Wildman–Crippen LogP) is 3.82. The summed E-state index contributed by atoms with van der Waals surface area (Å²) in [6.07, 6.45) is 0.217. The summed E-state index contributed by atoms with van der Waals surface area (Å²) in [5, 5.41) is 6.26. The van der Waals surface area contributed by atoms with Crippen molar-refractivity contribution in [3.05, 3.63) is 64.7 Å². The Hall–Kier alpha value is -1.94. The van der Waals surface area contributed by atoms with Gasteiger partial charge >= 0.3 is 0 Å². The highest BCUT2D eigenvalue weighted by Crippen LogP contribution is 2.20. The maximum atomic E-state index is 13.7. The lowest BCUT2D eigenvalue weighted by molar-refractivity contribution is 0.145. The molecule has 2 N–H and O–H groups in total.